The van der Waals surface area contributed by atoms with E-state index in [4.69, 9.17) is 0 Å². The number of pyridine rings is 1. The Morgan fingerprint density at radius 2 is 2.11 bits per heavy atom. The van der Waals surface area contributed by atoms with Gasteiger partial charge in [0.2, 0.25) is 0 Å². The summed E-state index contributed by atoms with van der Waals surface area (Å²) in [7, 11) is 0. The summed E-state index contributed by atoms with van der Waals surface area (Å²) in [6.45, 7) is 9.27. The Hall–Kier alpha value is -1.09. The maximum Gasteiger partial charge on any atom is 0.0703 e. The summed E-state index contributed by atoms with van der Waals surface area (Å²) in [5.74, 6) is 0.784. The first-order valence-electron chi connectivity index (χ1n) is 7.31. The van der Waals surface area contributed by atoms with Gasteiger partial charge in [-0.3, -0.25) is 4.98 Å². The highest BCUT2D eigenvalue weighted by atomic mass is 16.3. The van der Waals surface area contributed by atoms with Gasteiger partial charge in [0.25, 0.3) is 0 Å². The van der Waals surface area contributed by atoms with Crippen LogP contribution < -0.4 is 4.90 Å². The number of aliphatic hydroxyl groups is 1. The van der Waals surface area contributed by atoms with E-state index in [2.05, 4.69) is 30.7 Å². The van der Waals surface area contributed by atoms with E-state index in [1.807, 2.05) is 12.3 Å². The van der Waals surface area contributed by atoms with Crippen LogP contribution in [0.1, 0.15) is 45.6 Å². The molecule has 1 unspecified atom stereocenters. The molecule has 0 radical (unpaired) electrons. The van der Waals surface area contributed by atoms with Crippen molar-refractivity contribution in [1.29, 1.82) is 0 Å². The molecule has 1 N–H and O–H groups in total. The molecule has 1 aromatic heterocycles. The number of aromatic nitrogens is 1. The van der Waals surface area contributed by atoms with Gasteiger partial charge >= 0.3 is 0 Å². The van der Waals surface area contributed by atoms with Gasteiger partial charge in [0.05, 0.1) is 18.5 Å². The molecular formula is C16H26N2O. The fourth-order valence-corrected chi connectivity index (χ4v) is 3.04. The molecule has 0 saturated carbocycles. The normalized spacial score (nSPS) is 21.3. The van der Waals surface area contributed by atoms with Gasteiger partial charge in [-0.15, -0.1) is 0 Å². The predicted octanol–water partition coefficient (Wildman–Crippen LogP) is 3.23. The van der Waals surface area contributed by atoms with E-state index in [-0.39, 0.29) is 6.61 Å². The molecular weight excluding hydrogens is 236 g/mol. The maximum absolute atomic E-state index is 9.45. The molecule has 19 heavy (non-hydrogen) atoms. The zero-order chi connectivity index (χ0) is 13.9. The molecule has 0 aromatic carbocycles. The van der Waals surface area contributed by atoms with E-state index >= 15 is 0 Å². The van der Waals surface area contributed by atoms with Crippen molar-refractivity contribution in [3.05, 3.63) is 24.0 Å². The van der Waals surface area contributed by atoms with Crippen molar-refractivity contribution < 1.29 is 5.11 Å². The Balaban J connectivity index is 2.11. The van der Waals surface area contributed by atoms with E-state index in [1.165, 1.54) is 19.3 Å². The molecule has 1 fully saturated rings. The number of nitrogens with zero attached hydrogens (tertiary/aromatic N) is 2. The van der Waals surface area contributed by atoms with Crippen molar-refractivity contribution in [2.45, 2.75) is 46.6 Å². The van der Waals surface area contributed by atoms with Gasteiger partial charge in [-0.2, -0.15) is 0 Å². The van der Waals surface area contributed by atoms with Crippen molar-refractivity contribution in [3.63, 3.8) is 0 Å². The SMILES string of the molecule is CC(C)(C)C1CCCN(c2cnccc2CO)CC1. The summed E-state index contributed by atoms with van der Waals surface area (Å²) in [6, 6.07) is 1.92. The van der Waals surface area contributed by atoms with E-state index in [9.17, 15) is 5.11 Å². The lowest BCUT2D eigenvalue weighted by molar-refractivity contribution is 0.220. The van der Waals surface area contributed by atoms with Crippen molar-refractivity contribution in [3.8, 4) is 0 Å². The minimum absolute atomic E-state index is 0.0943. The smallest absolute Gasteiger partial charge is 0.0703 e. The standard InChI is InChI=1S/C16H26N2O/c1-16(2,3)14-5-4-9-18(10-7-14)15-11-17-8-6-13(15)12-19/h6,8,11,14,19H,4-5,7,9-10,12H2,1-3H3. The van der Waals surface area contributed by atoms with Crippen LogP contribution in [0.2, 0.25) is 0 Å². The molecule has 1 saturated heterocycles. The van der Waals surface area contributed by atoms with Crippen LogP contribution in [-0.4, -0.2) is 23.2 Å². The minimum Gasteiger partial charge on any atom is -0.392 e. The van der Waals surface area contributed by atoms with Crippen molar-refractivity contribution in [1.82, 2.24) is 4.98 Å². The second-order valence-corrected chi connectivity index (χ2v) is 6.64. The summed E-state index contributed by atoms with van der Waals surface area (Å²) in [5, 5.41) is 9.45. The quantitative estimate of drug-likeness (QED) is 0.889. The molecule has 0 amide bonds. The third-order valence-corrected chi connectivity index (χ3v) is 4.35. The fourth-order valence-electron chi connectivity index (χ4n) is 3.04. The van der Waals surface area contributed by atoms with Crippen molar-refractivity contribution >= 4 is 5.69 Å². The van der Waals surface area contributed by atoms with Crippen LogP contribution in [-0.2, 0) is 6.61 Å². The predicted molar refractivity (Wildman–Crippen MR) is 79.2 cm³/mol. The highest BCUT2D eigenvalue weighted by Gasteiger charge is 2.27. The fraction of sp³-hybridized carbons (Fsp3) is 0.688. The van der Waals surface area contributed by atoms with Gasteiger partial charge in [-0.05, 0) is 36.7 Å². The summed E-state index contributed by atoms with van der Waals surface area (Å²) in [6.07, 6.45) is 7.40. The van der Waals surface area contributed by atoms with Gasteiger partial charge in [0.15, 0.2) is 0 Å². The summed E-state index contributed by atoms with van der Waals surface area (Å²) >= 11 is 0. The topological polar surface area (TPSA) is 36.4 Å². The molecule has 2 rings (SSSR count). The van der Waals surface area contributed by atoms with Crippen LogP contribution in [0, 0.1) is 11.3 Å². The second-order valence-electron chi connectivity index (χ2n) is 6.64. The third-order valence-electron chi connectivity index (χ3n) is 4.35. The van der Waals surface area contributed by atoms with Crippen LogP contribution in [0.4, 0.5) is 5.69 Å². The zero-order valence-corrected chi connectivity index (χ0v) is 12.4. The highest BCUT2D eigenvalue weighted by Crippen LogP contribution is 2.35. The van der Waals surface area contributed by atoms with Crippen molar-refractivity contribution in [2.75, 3.05) is 18.0 Å². The Bertz CT molecular complexity index is 411. The molecule has 106 valence electrons. The Kier molecular flexibility index (Phi) is 4.46. The highest BCUT2D eigenvalue weighted by molar-refractivity contribution is 5.51. The Labute approximate surface area is 116 Å². The van der Waals surface area contributed by atoms with Crippen LogP contribution in [0.15, 0.2) is 18.5 Å². The van der Waals surface area contributed by atoms with Crippen LogP contribution in [0.5, 0.6) is 0 Å². The van der Waals surface area contributed by atoms with Gasteiger partial charge in [-0.1, -0.05) is 20.8 Å². The summed E-state index contributed by atoms with van der Waals surface area (Å²) in [4.78, 5) is 6.61. The first-order chi connectivity index (χ1) is 9.02. The van der Waals surface area contributed by atoms with Gasteiger partial charge in [0, 0.05) is 24.8 Å². The number of anilines is 1. The molecule has 2 heterocycles. The van der Waals surface area contributed by atoms with E-state index in [1.54, 1.807) is 6.20 Å². The third kappa shape index (κ3) is 3.47. The molecule has 1 aliphatic rings. The van der Waals surface area contributed by atoms with Gasteiger partial charge in [0.1, 0.15) is 0 Å². The lowest BCUT2D eigenvalue weighted by atomic mass is 9.77. The monoisotopic (exact) mass is 262 g/mol. The zero-order valence-electron chi connectivity index (χ0n) is 12.4. The molecule has 0 bridgehead atoms. The van der Waals surface area contributed by atoms with Gasteiger partial charge in [-0.25, -0.2) is 0 Å². The minimum atomic E-state index is 0.0943. The number of hydrogen-bond donors (Lipinski definition) is 1. The van der Waals surface area contributed by atoms with E-state index in [0.29, 0.717) is 5.41 Å². The molecule has 3 nitrogen and oxygen atoms in total. The molecule has 0 aliphatic carbocycles. The molecule has 3 heteroatoms. The van der Waals surface area contributed by atoms with Gasteiger partial charge < -0.3 is 10.0 Å². The Morgan fingerprint density at radius 1 is 1.32 bits per heavy atom. The molecule has 1 atom stereocenters. The van der Waals surface area contributed by atoms with E-state index < -0.39 is 0 Å². The van der Waals surface area contributed by atoms with Crippen LogP contribution in [0.3, 0.4) is 0 Å². The van der Waals surface area contributed by atoms with Crippen molar-refractivity contribution in [2.24, 2.45) is 11.3 Å². The first-order valence-corrected chi connectivity index (χ1v) is 7.31. The number of hydrogen-bond acceptors (Lipinski definition) is 3. The summed E-state index contributed by atoms with van der Waals surface area (Å²) in [5.41, 5.74) is 2.49. The largest absolute Gasteiger partial charge is 0.392 e. The lowest BCUT2D eigenvalue weighted by Gasteiger charge is -2.30. The van der Waals surface area contributed by atoms with E-state index in [0.717, 1.165) is 30.3 Å². The number of rotatable bonds is 2. The Morgan fingerprint density at radius 3 is 2.79 bits per heavy atom. The molecule has 1 aromatic rings. The average Bonchev–Trinajstić information content (AvgIpc) is 2.64. The first kappa shape index (κ1) is 14.3. The number of aliphatic hydroxyl groups excluding tert-OH is 1. The molecule has 0 spiro atoms. The van der Waals surface area contributed by atoms with Crippen LogP contribution in [0.25, 0.3) is 0 Å². The lowest BCUT2D eigenvalue weighted by Crippen LogP contribution is -2.27. The second kappa shape index (κ2) is 5.91. The molecule has 1 aliphatic heterocycles. The maximum atomic E-state index is 9.45. The summed E-state index contributed by atoms with van der Waals surface area (Å²) < 4.78 is 0. The average molecular weight is 262 g/mol. The van der Waals surface area contributed by atoms with Crippen LogP contribution >= 0.6 is 0 Å².